The maximum atomic E-state index is 12.3. The zero-order chi connectivity index (χ0) is 15.9. The molecule has 0 aliphatic heterocycles. The van der Waals surface area contributed by atoms with Gasteiger partial charge in [-0.05, 0) is 33.6 Å². The van der Waals surface area contributed by atoms with Gasteiger partial charge in [0.2, 0.25) is 6.10 Å². The number of ether oxygens (including phenoxy) is 1. The van der Waals surface area contributed by atoms with E-state index in [4.69, 9.17) is 4.74 Å². The van der Waals surface area contributed by atoms with Crippen molar-refractivity contribution < 1.29 is 23.9 Å². The summed E-state index contributed by atoms with van der Waals surface area (Å²) in [4.78, 5) is 48.4. The highest BCUT2D eigenvalue weighted by atomic mass is 16.6. The molecule has 0 radical (unpaired) electrons. The van der Waals surface area contributed by atoms with Crippen molar-refractivity contribution in [1.29, 1.82) is 0 Å². The molecule has 1 rings (SSSR count). The summed E-state index contributed by atoms with van der Waals surface area (Å²) in [5.41, 5.74) is -2.64. The molecule has 0 bridgehead atoms. The zero-order valence-electron chi connectivity index (χ0n) is 12.9. The Morgan fingerprint density at radius 2 is 1.45 bits per heavy atom. The van der Waals surface area contributed by atoms with Gasteiger partial charge < -0.3 is 4.74 Å². The van der Waals surface area contributed by atoms with Crippen LogP contribution < -0.4 is 0 Å². The summed E-state index contributed by atoms with van der Waals surface area (Å²) in [5.74, 6) is -2.23. The van der Waals surface area contributed by atoms with Gasteiger partial charge in [0.1, 0.15) is 0 Å². The van der Waals surface area contributed by atoms with E-state index in [1.807, 2.05) is 13.8 Å². The van der Waals surface area contributed by atoms with Crippen LogP contribution in [0.5, 0.6) is 0 Å². The van der Waals surface area contributed by atoms with Crippen molar-refractivity contribution in [1.82, 2.24) is 0 Å². The smallest absolute Gasteiger partial charge is 0.307 e. The average molecular weight is 282 g/mol. The fourth-order valence-corrected chi connectivity index (χ4v) is 2.40. The topological polar surface area (TPSA) is 77.5 Å². The lowest BCUT2D eigenvalue weighted by molar-refractivity contribution is -0.175. The summed E-state index contributed by atoms with van der Waals surface area (Å²) in [5, 5.41) is 0. The molecular weight excluding hydrogens is 260 g/mol. The molecule has 0 heterocycles. The zero-order valence-corrected chi connectivity index (χ0v) is 12.9. The second kappa shape index (κ2) is 5.11. The van der Waals surface area contributed by atoms with Gasteiger partial charge in [-0.25, -0.2) is 0 Å². The number of rotatable bonds is 3. The van der Waals surface area contributed by atoms with Crippen molar-refractivity contribution in [2.75, 3.05) is 0 Å². The normalized spacial score (nSPS) is 22.2. The molecule has 0 saturated heterocycles. The van der Waals surface area contributed by atoms with Crippen LogP contribution in [0.4, 0.5) is 0 Å². The van der Waals surface area contributed by atoms with Crippen LogP contribution in [0.1, 0.15) is 48.0 Å². The minimum atomic E-state index is -1.47. The minimum absolute atomic E-state index is 0.0685. The van der Waals surface area contributed by atoms with Crippen molar-refractivity contribution >= 4 is 23.3 Å². The number of carbonyl (C=O) groups excluding carboxylic acids is 4. The van der Waals surface area contributed by atoms with Crippen molar-refractivity contribution in [2.45, 2.75) is 54.1 Å². The molecule has 0 N–H and O–H groups in total. The highest BCUT2D eigenvalue weighted by molar-refractivity contribution is 6.30. The standard InChI is InChI=1S/C15H22O5/c1-8(2)7-9(16)20-10-11(17)14(3,4)13(19)15(5,6)12(10)18/h8,10H,7H2,1-6H3. The molecule has 5 heteroatoms. The van der Waals surface area contributed by atoms with Crippen molar-refractivity contribution in [3.05, 3.63) is 0 Å². The van der Waals surface area contributed by atoms with Gasteiger partial charge in [0.05, 0.1) is 10.8 Å². The molecule has 0 aromatic rings. The van der Waals surface area contributed by atoms with Gasteiger partial charge in [0.15, 0.2) is 17.3 Å². The first-order valence-corrected chi connectivity index (χ1v) is 6.75. The number of hydrogen-bond acceptors (Lipinski definition) is 5. The van der Waals surface area contributed by atoms with Gasteiger partial charge in [0.25, 0.3) is 0 Å². The van der Waals surface area contributed by atoms with Gasteiger partial charge in [-0.2, -0.15) is 0 Å². The molecule has 112 valence electrons. The van der Waals surface area contributed by atoms with Crippen molar-refractivity contribution in [3.8, 4) is 0 Å². The minimum Gasteiger partial charge on any atom is -0.446 e. The van der Waals surface area contributed by atoms with E-state index in [9.17, 15) is 19.2 Å². The van der Waals surface area contributed by atoms with Crippen LogP contribution in [0.2, 0.25) is 0 Å². The monoisotopic (exact) mass is 282 g/mol. The molecule has 5 nitrogen and oxygen atoms in total. The second-order valence-electron chi connectivity index (χ2n) is 6.78. The Balaban J connectivity index is 3.07. The highest BCUT2D eigenvalue weighted by Crippen LogP contribution is 2.39. The molecule has 0 amide bonds. The van der Waals surface area contributed by atoms with E-state index in [0.717, 1.165) is 0 Å². The Bertz CT molecular complexity index is 441. The van der Waals surface area contributed by atoms with Crippen LogP contribution in [0.25, 0.3) is 0 Å². The summed E-state index contributed by atoms with van der Waals surface area (Å²) in [7, 11) is 0. The quantitative estimate of drug-likeness (QED) is 0.582. The Labute approximate surface area is 119 Å². The van der Waals surface area contributed by atoms with Crippen LogP contribution >= 0.6 is 0 Å². The van der Waals surface area contributed by atoms with E-state index < -0.39 is 40.3 Å². The predicted molar refractivity (Wildman–Crippen MR) is 71.9 cm³/mol. The van der Waals surface area contributed by atoms with Gasteiger partial charge >= 0.3 is 5.97 Å². The first-order valence-electron chi connectivity index (χ1n) is 6.75. The van der Waals surface area contributed by atoms with E-state index in [0.29, 0.717) is 0 Å². The predicted octanol–water partition coefficient (Wildman–Crippen LogP) is 1.72. The molecule has 0 aromatic carbocycles. The largest absolute Gasteiger partial charge is 0.446 e. The van der Waals surface area contributed by atoms with Gasteiger partial charge in [-0.3, -0.25) is 19.2 Å². The molecule has 20 heavy (non-hydrogen) atoms. The van der Waals surface area contributed by atoms with E-state index in [2.05, 4.69) is 0 Å². The molecule has 0 aromatic heterocycles. The third-order valence-electron chi connectivity index (χ3n) is 3.67. The SMILES string of the molecule is CC(C)CC(=O)OC1C(=O)C(C)(C)C(=O)C(C)(C)C1=O. The van der Waals surface area contributed by atoms with Crippen LogP contribution in [0, 0.1) is 16.7 Å². The number of ketones is 3. The van der Waals surface area contributed by atoms with Gasteiger partial charge in [0, 0.05) is 6.42 Å². The van der Waals surface area contributed by atoms with Crippen LogP contribution in [0.3, 0.4) is 0 Å². The number of Topliss-reactive ketones (excluding diaryl/α,β-unsaturated/α-hetero) is 3. The molecule has 1 fully saturated rings. The van der Waals surface area contributed by atoms with E-state index in [-0.39, 0.29) is 12.3 Å². The Morgan fingerprint density at radius 1 is 1.05 bits per heavy atom. The Kier molecular flexibility index (Phi) is 4.22. The summed E-state index contributed by atoms with van der Waals surface area (Å²) in [6.07, 6.45) is -1.34. The molecule has 1 aliphatic rings. The molecule has 1 aliphatic carbocycles. The van der Waals surface area contributed by atoms with E-state index in [1.165, 1.54) is 27.7 Å². The van der Waals surface area contributed by atoms with Crippen LogP contribution in [0.15, 0.2) is 0 Å². The summed E-state index contributed by atoms with van der Waals surface area (Å²) in [6, 6.07) is 0. The third-order valence-corrected chi connectivity index (χ3v) is 3.67. The summed E-state index contributed by atoms with van der Waals surface area (Å²) in [6.45, 7) is 9.54. The fraction of sp³-hybridized carbons (Fsp3) is 0.733. The summed E-state index contributed by atoms with van der Waals surface area (Å²) >= 11 is 0. The van der Waals surface area contributed by atoms with Crippen LogP contribution in [-0.4, -0.2) is 29.4 Å². The number of esters is 1. The lowest BCUT2D eigenvalue weighted by atomic mass is 9.61. The summed E-state index contributed by atoms with van der Waals surface area (Å²) < 4.78 is 5.06. The molecule has 1 saturated carbocycles. The first kappa shape index (κ1) is 16.5. The third kappa shape index (κ3) is 2.67. The Hall–Kier alpha value is -1.52. The molecule has 0 unspecified atom stereocenters. The lowest BCUT2D eigenvalue weighted by Crippen LogP contribution is -2.61. The lowest BCUT2D eigenvalue weighted by Gasteiger charge is -2.39. The fourth-order valence-electron chi connectivity index (χ4n) is 2.40. The molecular formula is C15H22O5. The van der Waals surface area contributed by atoms with Crippen molar-refractivity contribution in [2.24, 2.45) is 16.7 Å². The molecule has 0 spiro atoms. The van der Waals surface area contributed by atoms with E-state index >= 15 is 0 Å². The number of hydrogen-bond donors (Lipinski definition) is 0. The second-order valence-corrected chi connectivity index (χ2v) is 6.78. The number of carbonyl (C=O) groups is 4. The Morgan fingerprint density at radius 3 is 1.80 bits per heavy atom. The average Bonchev–Trinajstić information content (AvgIpc) is 2.30. The van der Waals surface area contributed by atoms with Crippen LogP contribution in [-0.2, 0) is 23.9 Å². The maximum absolute atomic E-state index is 12.3. The van der Waals surface area contributed by atoms with E-state index in [1.54, 1.807) is 0 Å². The van der Waals surface area contributed by atoms with Crippen molar-refractivity contribution in [3.63, 3.8) is 0 Å². The molecule has 0 atom stereocenters. The highest BCUT2D eigenvalue weighted by Gasteiger charge is 2.59. The van der Waals surface area contributed by atoms with Gasteiger partial charge in [-0.15, -0.1) is 0 Å². The maximum Gasteiger partial charge on any atom is 0.307 e. The first-order chi connectivity index (χ1) is 8.92. The van der Waals surface area contributed by atoms with Gasteiger partial charge in [-0.1, -0.05) is 13.8 Å².